The topological polar surface area (TPSA) is 176 Å². The van der Waals surface area contributed by atoms with Gasteiger partial charge in [-0.05, 0) is 73.2 Å². The summed E-state index contributed by atoms with van der Waals surface area (Å²) in [4.78, 5) is 56.4. The monoisotopic (exact) mass is 922 g/mol. The predicted octanol–water partition coefficient (Wildman–Crippen LogP) is 8.41. The molecule has 3 amide bonds. The number of imide groups is 1. The van der Waals surface area contributed by atoms with E-state index in [9.17, 15) is 22.8 Å². The Bertz CT molecular complexity index is 2660. The summed E-state index contributed by atoms with van der Waals surface area (Å²) in [5, 5.41) is 6.49. The van der Waals surface area contributed by atoms with Gasteiger partial charge >= 0.3 is 0 Å². The number of ether oxygens (including phenoxy) is 1. The number of hydrogen-bond acceptors (Lipinski definition) is 12. The second-order valence-corrected chi connectivity index (χ2v) is 20.9. The smallest absolute Gasteiger partial charge is 0.234 e. The zero-order valence-electron chi connectivity index (χ0n) is 37.1. The molecule has 3 aromatic carbocycles. The van der Waals surface area contributed by atoms with Crippen molar-refractivity contribution in [3.05, 3.63) is 95.4 Å². The van der Waals surface area contributed by atoms with Crippen LogP contribution in [0, 0.1) is 11.7 Å². The molecule has 0 spiro atoms. The molecule has 3 N–H and O–H groups in total. The van der Waals surface area contributed by atoms with Gasteiger partial charge in [-0.1, -0.05) is 52.0 Å². The van der Waals surface area contributed by atoms with E-state index < -0.39 is 15.8 Å². The lowest BCUT2D eigenvalue weighted by Crippen LogP contribution is -2.42. The molecule has 3 aliphatic heterocycles. The van der Waals surface area contributed by atoms with Gasteiger partial charge in [-0.15, -0.1) is 11.3 Å². The number of aromatic nitrogens is 3. The number of hydrogen-bond donors (Lipinski definition) is 3. The molecule has 3 saturated heterocycles. The van der Waals surface area contributed by atoms with Crippen molar-refractivity contribution in [3.8, 4) is 27.6 Å². The molecule has 5 heterocycles. The third-order valence-corrected chi connectivity index (χ3v) is 15.0. The van der Waals surface area contributed by atoms with E-state index in [0.717, 1.165) is 35.8 Å². The molecule has 65 heavy (non-hydrogen) atoms. The van der Waals surface area contributed by atoms with Crippen LogP contribution in [0.25, 0.3) is 21.8 Å². The molecule has 14 nitrogen and oxygen atoms in total. The molecule has 5 aromatic rings. The van der Waals surface area contributed by atoms with E-state index in [4.69, 9.17) is 14.7 Å². The van der Waals surface area contributed by atoms with Crippen molar-refractivity contribution in [1.82, 2.24) is 25.2 Å². The molecule has 0 aliphatic carbocycles. The van der Waals surface area contributed by atoms with Crippen LogP contribution in [0.1, 0.15) is 89.1 Å². The molecule has 3 fully saturated rings. The summed E-state index contributed by atoms with van der Waals surface area (Å²) in [7, 11) is -3.73. The van der Waals surface area contributed by atoms with Crippen molar-refractivity contribution in [2.24, 2.45) is 5.92 Å². The van der Waals surface area contributed by atoms with Crippen LogP contribution in [0.3, 0.4) is 0 Å². The molecular weight excluding hydrogens is 868 g/mol. The van der Waals surface area contributed by atoms with Crippen LogP contribution >= 0.6 is 11.3 Å². The summed E-state index contributed by atoms with van der Waals surface area (Å²) in [6.45, 7) is 10.7. The van der Waals surface area contributed by atoms with Crippen LogP contribution < -0.4 is 25.0 Å². The average Bonchev–Trinajstić information content (AvgIpc) is 3.94. The average molecular weight is 923 g/mol. The Kier molecular flexibility index (Phi) is 13.5. The number of piperidine rings is 2. The highest BCUT2D eigenvalue weighted by Gasteiger charge is 2.32. The molecule has 342 valence electrons. The maximum Gasteiger partial charge on any atom is 0.234 e. The van der Waals surface area contributed by atoms with Gasteiger partial charge in [0.2, 0.25) is 33.7 Å². The standard InChI is InChI=1S/C48H55FN8O6S2/c1-5-26-65(61,62)55-38-11-7-10-37(42(38)49)43-44(64-46(54-43)48(2,3)4)39-18-22-50-47(52-39)51-32-8-6-9-35(28-32)63-34-20-24-56(25-21-34)41(59)27-30-19-23-57(29-30)33-14-12-31(13-15-33)36-16-17-40(58)53-45(36)60/h6-15,18,22,28,30,34,36,55H,5,16-17,19-21,23-27,29H2,1-4H3,(H,50,51,52)(H,53,58,60)/t30-,36-/m0/s1. The summed E-state index contributed by atoms with van der Waals surface area (Å²) in [6, 6.07) is 21.9. The number of sulfonamides is 1. The van der Waals surface area contributed by atoms with Crippen LogP contribution in [-0.4, -0.2) is 84.0 Å². The van der Waals surface area contributed by atoms with Crippen LogP contribution in [0.5, 0.6) is 5.75 Å². The van der Waals surface area contributed by atoms with Crippen molar-refractivity contribution < 1.29 is 31.9 Å². The predicted molar refractivity (Wildman–Crippen MR) is 251 cm³/mol. The quantitative estimate of drug-likeness (QED) is 0.0913. The molecule has 2 aromatic heterocycles. The van der Waals surface area contributed by atoms with E-state index in [1.54, 1.807) is 31.3 Å². The van der Waals surface area contributed by atoms with Gasteiger partial charge < -0.3 is 19.9 Å². The highest BCUT2D eigenvalue weighted by Crippen LogP contribution is 2.42. The van der Waals surface area contributed by atoms with Crippen molar-refractivity contribution in [2.75, 3.05) is 46.9 Å². The van der Waals surface area contributed by atoms with Gasteiger partial charge in [0.15, 0.2) is 5.82 Å². The highest BCUT2D eigenvalue weighted by atomic mass is 32.2. The Morgan fingerprint density at radius 1 is 0.969 bits per heavy atom. The van der Waals surface area contributed by atoms with Crippen LogP contribution in [0.4, 0.5) is 27.4 Å². The molecule has 2 atom stereocenters. The number of benzene rings is 3. The van der Waals surface area contributed by atoms with Crippen molar-refractivity contribution in [3.63, 3.8) is 0 Å². The third-order valence-electron chi connectivity index (χ3n) is 12.0. The van der Waals surface area contributed by atoms with E-state index in [1.165, 1.54) is 17.4 Å². The van der Waals surface area contributed by atoms with E-state index in [0.29, 0.717) is 85.3 Å². The van der Waals surface area contributed by atoms with Crippen molar-refractivity contribution in [2.45, 2.75) is 90.1 Å². The summed E-state index contributed by atoms with van der Waals surface area (Å²) in [6.07, 6.45) is 5.71. The van der Waals surface area contributed by atoms with Crippen molar-refractivity contribution >= 4 is 62.1 Å². The second kappa shape index (κ2) is 19.3. The third kappa shape index (κ3) is 11.0. The van der Waals surface area contributed by atoms with Crippen LogP contribution in [0.15, 0.2) is 79.0 Å². The Hall–Kier alpha value is -5.94. The zero-order chi connectivity index (χ0) is 45.9. The minimum absolute atomic E-state index is 0.0541. The first-order chi connectivity index (χ1) is 31.1. The van der Waals surface area contributed by atoms with Gasteiger partial charge in [0.05, 0.1) is 38.6 Å². The number of amides is 3. The van der Waals surface area contributed by atoms with Gasteiger partial charge in [0.1, 0.15) is 11.9 Å². The van der Waals surface area contributed by atoms with Gasteiger partial charge in [0.25, 0.3) is 0 Å². The van der Waals surface area contributed by atoms with Gasteiger partial charge in [-0.3, -0.25) is 24.4 Å². The van der Waals surface area contributed by atoms with Gasteiger partial charge in [0, 0.05) is 86.5 Å². The fourth-order valence-corrected chi connectivity index (χ4v) is 10.8. The lowest BCUT2D eigenvalue weighted by atomic mass is 9.90. The molecule has 17 heteroatoms. The lowest BCUT2D eigenvalue weighted by molar-refractivity contribution is -0.135. The Labute approximate surface area is 383 Å². The Balaban J connectivity index is 0.860. The minimum Gasteiger partial charge on any atom is -0.490 e. The maximum atomic E-state index is 16.1. The first kappa shape index (κ1) is 45.6. The summed E-state index contributed by atoms with van der Waals surface area (Å²) in [5.74, 6) is -0.173. The Morgan fingerprint density at radius 2 is 1.74 bits per heavy atom. The molecular formula is C48H55FN8O6S2. The van der Waals surface area contributed by atoms with E-state index in [-0.39, 0.29) is 58.1 Å². The molecule has 8 rings (SSSR count). The number of thiazole rings is 1. The summed E-state index contributed by atoms with van der Waals surface area (Å²) < 4.78 is 50.0. The lowest BCUT2D eigenvalue weighted by Gasteiger charge is -2.33. The molecule has 0 unspecified atom stereocenters. The number of carbonyl (C=O) groups excluding carboxylic acids is 3. The number of nitrogens with one attached hydrogen (secondary N) is 3. The SMILES string of the molecule is CCCS(=O)(=O)Nc1cccc(-c2nc(C(C)(C)C)sc2-c2ccnc(Nc3cccc(OC4CCN(C(=O)C[C@@H]5CCN(c6ccc([C@@H]7CCC(=O)NC7=O)cc6)C5)CC4)c3)n2)c1F. The number of likely N-dealkylation sites (tertiary alicyclic amines) is 1. The van der Waals surface area contributed by atoms with E-state index >= 15 is 4.39 Å². The molecule has 0 radical (unpaired) electrons. The number of carbonyl (C=O) groups is 3. The van der Waals surface area contributed by atoms with Crippen molar-refractivity contribution in [1.29, 1.82) is 0 Å². The highest BCUT2D eigenvalue weighted by molar-refractivity contribution is 7.92. The fourth-order valence-electron chi connectivity index (χ4n) is 8.55. The molecule has 0 saturated carbocycles. The Morgan fingerprint density at radius 3 is 2.48 bits per heavy atom. The minimum atomic E-state index is -3.73. The fraction of sp³-hybridized carbons (Fsp3) is 0.417. The molecule has 0 bridgehead atoms. The normalized spacial score (nSPS) is 18.4. The van der Waals surface area contributed by atoms with Gasteiger partial charge in [-0.25, -0.2) is 27.8 Å². The summed E-state index contributed by atoms with van der Waals surface area (Å²) >= 11 is 1.40. The van der Waals surface area contributed by atoms with Crippen LogP contribution in [0.2, 0.25) is 0 Å². The summed E-state index contributed by atoms with van der Waals surface area (Å²) in [5.41, 5.74) is 3.25. The largest absolute Gasteiger partial charge is 0.490 e. The van der Waals surface area contributed by atoms with Crippen LogP contribution in [-0.2, 0) is 29.8 Å². The number of anilines is 4. The number of nitrogens with zero attached hydrogens (tertiary/aromatic N) is 5. The molecule has 3 aliphatic rings. The number of rotatable bonds is 14. The number of halogens is 1. The zero-order valence-corrected chi connectivity index (χ0v) is 38.7. The van der Waals surface area contributed by atoms with E-state index in [2.05, 4.69) is 25.2 Å². The second-order valence-electron chi connectivity index (χ2n) is 18.1. The van der Waals surface area contributed by atoms with Gasteiger partial charge in [-0.2, -0.15) is 0 Å². The first-order valence-corrected chi connectivity index (χ1v) is 24.7. The maximum absolute atomic E-state index is 16.1. The van der Waals surface area contributed by atoms with E-state index in [1.807, 2.05) is 74.2 Å². The first-order valence-electron chi connectivity index (χ1n) is 22.3.